The van der Waals surface area contributed by atoms with Crippen molar-refractivity contribution in [3.63, 3.8) is 0 Å². The molecule has 134 valence electrons. The van der Waals surface area contributed by atoms with Gasteiger partial charge in [0, 0.05) is 22.6 Å². The van der Waals surface area contributed by atoms with Crippen molar-refractivity contribution < 1.29 is 0 Å². The quantitative estimate of drug-likeness (QED) is 0.323. The lowest BCUT2D eigenvalue weighted by atomic mass is 10.1. The number of para-hydroxylation sites is 3. The van der Waals surface area contributed by atoms with Crippen molar-refractivity contribution >= 4 is 38.6 Å². The molecule has 2 nitrogen and oxygen atoms in total. The summed E-state index contributed by atoms with van der Waals surface area (Å²) in [5.41, 5.74) is 5.61. The fourth-order valence-electron chi connectivity index (χ4n) is 3.35. The van der Waals surface area contributed by atoms with E-state index in [-0.39, 0.29) is 0 Å². The number of rotatable bonds is 4. The lowest BCUT2D eigenvalue weighted by Crippen LogP contribution is -2.09. The third-order valence-corrected chi connectivity index (χ3v) is 5.78. The van der Waals surface area contributed by atoms with Crippen LogP contribution in [0.3, 0.4) is 0 Å². The molecule has 0 saturated carbocycles. The van der Waals surface area contributed by atoms with Gasteiger partial charge in [0.1, 0.15) is 5.01 Å². The monoisotopic (exact) mass is 378 g/mol. The zero-order valence-corrected chi connectivity index (χ0v) is 16.0. The number of hydrogen-bond donors (Lipinski definition) is 0. The molecule has 0 bridgehead atoms. The number of nitrogens with zero attached hydrogens (tertiary/aromatic N) is 2. The zero-order chi connectivity index (χ0) is 18.8. The molecule has 5 rings (SSSR count). The van der Waals surface area contributed by atoms with Gasteiger partial charge in [-0.15, -0.1) is 11.3 Å². The largest absolute Gasteiger partial charge is 0.311 e. The Balaban J connectivity index is 1.55. The van der Waals surface area contributed by atoms with Crippen molar-refractivity contribution in [3.8, 4) is 10.6 Å². The Morgan fingerprint density at radius 1 is 0.536 bits per heavy atom. The first kappa shape index (κ1) is 16.7. The lowest BCUT2D eigenvalue weighted by Gasteiger charge is -2.25. The molecule has 3 heteroatoms. The van der Waals surface area contributed by atoms with Gasteiger partial charge in [-0.3, -0.25) is 0 Å². The molecule has 0 fully saturated rings. The van der Waals surface area contributed by atoms with Crippen LogP contribution in [0.4, 0.5) is 17.1 Å². The van der Waals surface area contributed by atoms with Crippen molar-refractivity contribution in [1.82, 2.24) is 4.98 Å². The number of benzene rings is 4. The third-order valence-electron chi connectivity index (χ3n) is 4.70. The molecule has 0 aliphatic heterocycles. The SMILES string of the molecule is c1ccc(N(c2ccccc2)c2ccc(-c3nc4ccccc4s3)cc2)cc1. The first-order chi connectivity index (χ1) is 13.9. The first-order valence-corrected chi connectivity index (χ1v) is 10.1. The Morgan fingerprint density at radius 3 is 1.68 bits per heavy atom. The van der Waals surface area contributed by atoms with E-state index in [4.69, 9.17) is 4.98 Å². The van der Waals surface area contributed by atoms with E-state index in [2.05, 4.69) is 95.9 Å². The van der Waals surface area contributed by atoms with Gasteiger partial charge in [0.05, 0.1) is 10.2 Å². The van der Waals surface area contributed by atoms with Crippen LogP contribution >= 0.6 is 11.3 Å². The maximum Gasteiger partial charge on any atom is 0.124 e. The van der Waals surface area contributed by atoms with Crippen LogP contribution in [0.25, 0.3) is 20.8 Å². The van der Waals surface area contributed by atoms with Crippen LogP contribution in [0.1, 0.15) is 0 Å². The highest BCUT2D eigenvalue weighted by atomic mass is 32.1. The fourth-order valence-corrected chi connectivity index (χ4v) is 4.32. The molecule has 0 radical (unpaired) electrons. The average molecular weight is 379 g/mol. The van der Waals surface area contributed by atoms with E-state index >= 15 is 0 Å². The van der Waals surface area contributed by atoms with Crippen molar-refractivity contribution in [1.29, 1.82) is 0 Å². The van der Waals surface area contributed by atoms with Crippen LogP contribution in [0.15, 0.2) is 109 Å². The highest BCUT2D eigenvalue weighted by Crippen LogP contribution is 2.36. The van der Waals surface area contributed by atoms with Gasteiger partial charge in [0.2, 0.25) is 0 Å². The average Bonchev–Trinajstić information content (AvgIpc) is 3.20. The van der Waals surface area contributed by atoms with Gasteiger partial charge in [-0.25, -0.2) is 4.98 Å². The molecule has 28 heavy (non-hydrogen) atoms. The topological polar surface area (TPSA) is 16.1 Å². The molecule has 0 spiro atoms. The number of thiazole rings is 1. The highest BCUT2D eigenvalue weighted by molar-refractivity contribution is 7.21. The van der Waals surface area contributed by atoms with Gasteiger partial charge >= 0.3 is 0 Å². The summed E-state index contributed by atoms with van der Waals surface area (Å²) in [4.78, 5) is 7.04. The maximum absolute atomic E-state index is 4.78. The molecule has 0 N–H and O–H groups in total. The van der Waals surface area contributed by atoms with E-state index in [0.29, 0.717) is 0 Å². The van der Waals surface area contributed by atoms with E-state index in [1.807, 2.05) is 18.2 Å². The summed E-state index contributed by atoms with van der Waals surface area (Å²) in [6, 6.07) is 37.8. The van der Waals surface area contributed by atoms with Gasteiger partial charge in [0.25, 0.3) is 0 Å². The van der Waals surface area contributed by atoms with E-state index in [1.54, 1.807) is 11.3 Å². The summed E-state index contributed by atoms with van der Waals surface area (Å²) < 4.78 is 1.22. The van der Waals surface area contributed by atoms with Gasteiger partial charge in [-0.1, -0.05) is 48.5 Å². The summed E-state index contributed by atoms with van der Waals surface area (Å²) >= 11 is 1.73. The molecular formula is C25H18N2S. The number of anilines is 3. The molecule has 0 atom stereocenters. The van der Waals surface area contributed by atoms with Gasteiger partial charge < -0.3 is 4.90 Å². The fraction of sp³-hybridized carbons (Fsp3) is 0. The van der Waals surface area contributed by atoms with E-state index in [0.717, 1.165) is 33.1 Å². The minimum absolute atomic E-state index is 1.05. The Bertz CT molecular complexity index is 1120. The van der Waals surface area contributed by atoms with Crippen LogP contribution < -0.4 is 4.90 Å². The van der Waals surface area contributed by atoms with Crippen LogP contribution in [-0.4, -0.2) is 4.98 Å². The summed E-state index contributed by atoms with van der Waals surface area (Å²) in [5, 5.41) is 1.05. The van der Waals surface area contributed by atoms with Gasteiger partial charge in [-0.05, 0) is 60.7 Å². The Morgan fingerprint density at radius 2 is 1.07 bits per heavy atom. The molecule has 1 heterocycles. The summed E-state index contributed by atoms with van der Waals surface area (Å²) in [5.74, 6) is 0. The molecule has 0 aliphatic rings. The van der Waals surface area contributed by atoms with Crippen LogP contribution in [0, 0.1) is 0 Å². The van der Waals surface area contributed by atoms with Crippen LogP contribution in [0.5, 0.6) is 0 Å². The minimum Gasteiger partial charge on any atom is -0.311 e. The van der Waals surface area contributed by atoms with Crippen molar-refractivity contribution in [2.75, 3.05) is 4.90 Å². The molecule has 4 aromatic carbocycles. The normalized spacial score (nSPS) is 10.9. The first-order valence-electron chi connectivity index (χ1n) is 9.25. The number of fused-ring (bicyclic) bond motifs is 1. The summed E-state index contributed by atoms with van der Waals surface area (Å²) in [7, 11) is 0. The molecule has 1 aromatic heterocycles. The molecule has 0 aliphatic carbocycles. The van der Waals surface area contributed by atoms with Gasteiger partial charge in [-0.2, -0.15) is 0 Å². The molecule has 0 amide bonds. The summed E-state index contributed by atoms with van der Waals surface area (Å²) in [6.07, 6.45) is 0. The standard InChI is InChI=1S/C25H18N2S/c1-3-9-20(10-4-1)27(21-11-5-2-6-12-21)22-17-15-19(16-18-22)25-26-23-13-7-8-14-24(23)28-25/h1-18H. The molecule has 0 saturated heterocycles. The predicted octanol–water partition coefficient (Wildman–Crippen LogP) is 7.43. The second-order valence-electron chi connectivity index (χ2n) is 6.54. The molecule has 5 aromatic rings. The minimum atomic E-state index is 1.05. The maximum atomic E-state index is 4.78. The van der Waals surface area contributed by atoms with Crippen LogP contribution in [-0.2, 0) is 0 Å². The van der Waals surface area contributed by atoms with Crippen molar-refractivity contribution in [2.24, 2.45) is 0 Å². The van der Waals surface area contributed by atoms with E-state index in [1.165, 1.54) is 4.70 Å². The second kappa shape index (κ2) is 7.29. The summed E-state index contributed by atoms with van der Waals surface area (Å²) in [6.45, 7) is 0. The van der Waals surface area contributed by atoms with Gasteiger partial charge in [0.15, 0.2) is 0 Å². The Kier molecular flexibility index (Phi) is 4.36. The molecular weight excluding hydrogens is 360 g/mol. The second-order valence-corrected chi connectivity index (χ2v) is 7.57. The smallest absolute Gasteiger partial charge is 0.124 e. The molecule has 0 unspecified atom stereocenters. The number of aromatic nitrogens is 1. The van der Waals surface area contributed by atoms with E-state index in [9.17, 15) is 0 Å². The van der Waals surface area contributed by atoms with Crippen molar-refractivity contribution in [3.05, 3.63) is 109 Å². The Hall–Kier alpha value is -3.43. The highest BCUT2D eigenvalue weighted by Gasteiger charge is 2.12. The Labute approximate surface area is 168 Å². The van der Waals surface area contributed by atoms with Crippen molar-refractivity contribution in [2.45, 2.75) is 0 Å². The zero-order valence-electron chi connectivity index (χ0n) is 15.2. The van der Waals surface area contributed by atoms with Crippen LogP contribution in [0.2, 0.25) is 0 Å². The third kappa shape index (κ3) is 3.17. The lowest BCUT2D eigenvalue weighted by molar-refractivity contribution is 1.28. The van der Waals surface area contributed by atoms with E-state index < -0.39 is 0 Å². The number of hydrogen-bond acceptors (Lipinski definition) is 3. The predicted molar refractivity (Wildman–Crippen MR) is 120 cm³/mol.